The molecule has 11 atom stereocenters. The highest BCUT2D eigenvalue weighted by Gasteiger charge is 2.82. The van der Waals surface area contributed by atoms with E-state index in [4.69, 9.17) is 0 Å². The van der Waals surface area contributed by atoms with Gasteiger partial charge in [0.2, 0.25) is 0 Å². The lowest BCUT2D eigenvalue weighted by molar-refractivity contribution is -0.162. The molecule has 1 heteroatoms. The van der Waals surface area contributed by atoms with Crippen molar-refractivity contribution in [3.05, 3.63) is 12.2 Å². The molecule has 0 saturated heterocycles. The summed E-state index contributed by atoms with van der Waals surface area (Å²) in [4.78, 5) is 0. The van der Waals surface area contributed by atoms with Gasteiger partial charge in [-0.25, -0.2) is 0 Å². The Morgan fingerprint density at radius 1 is 0.829 bits per heavy atom. The van der Waals surface area contributed by atoms with Crippen LogP contribution < -0.4 is 0 Å². The number of aliphatic hydroxyl groups is 1. The molecule has 0 aromatic rings. The average Bonchev–Trinajstić information content (AvgIpc) is 3.36. The molecule has 5 fully saturated rings. The zero-order valence-electron chi connectivity index (χ0n) is 24.8. The molecule has 5 aliphatic rings. The highest BCUT2D eigenvalue weighted by atomic mass is 16.3. The standard InChI is InChI=1S/C34H58O/c1-21(2)24(6)25(22(3)4)19-23(5)26-13-15-32(10)28-12-11-27-30(7,8)29(35)14-16-33(27)20-34(28,33)18-17-31(26,32)9/h22-29,35H,1,11-20H2,2-10H3/t23-,24-,25?,26-,27+,28+,29+,31-,32+,33-,34+/m1/s1. The Labute approximate surface area is 218 Å². The summed E-state index contributed by atoms with van der Waals surface area (Å²) in [6.07, 6.45) is 13.8. The first-order valence-electron chi connectivity index (χ1n) is 15.5. The minimum Gasteiger partial charge on any atom is -0.393 e. The Bertz CT molecular complexity index is 855. The number of hydrogen-bond donors (Lipinski definition) is 1. The van der Waals surface area contributed by atoms with Gasteiger partial charge in [-0.3, -0.25) is 0 Å². The molecule has 0 heterocycles. The number of rotatable bonds is 6. The molecule has 2 spiro atoms. The van der Waals surface area contributed by atoms with Crippen LogP contribution in [0, 0.1) is 68.5 Å². The van der Waals surface area contributed by atoms with Gasteiger partial charge in [0.1, 0.15) is 0 Å². The highest BCUT2D eigenvalue weighted by Crippen LogP contribution is 2.89. The second-order valence-corrected chi connectivity index (χ2v) is 16.3. The van der Waals surface area contributed by atoms with Crippen molar-refractivity contribution in [2.75, 3.05) is 0 Å². The maximum Gasteiger partial charge on any atom is 0.0594 e. The molecule has 0 radical (unpaired) electrons. The summed E-state index contributed by atoms with van der Waals surface area (Å²) in [7, 11) is 0. The zero-order chi connectivity index (χ0) is 25.8. The monoisotopic (exact) mass is 482 g/mol. The lowest BCUT2D eigenvalue weighted by atomic mass is 9.41. The second kappa shape index (κ2) is 8.10. The molecule has 5 aliphatic carbocycles. The summed E-state index contributed by atoms with van der Waals surface area (Å²) in [6.45, 7) is 26.8. The van der Waals surface area contributed by atoms with Crippen LogP contribution in [0.25, 0.3) is 0 Å². The van der Waals surface area contributed by atoms with Crippen LogP contribution in [-0.2, 0) is 0 Å². The summed E-state index contributed by atoms with van der Waals surface area (Å²) < 4.78 is 0. The first-order valence-corrected chi connectivity index (χ1v) is 15.5. The number of aliphatic hydroxyl groups excluding tert-OH is 1. The molecule has 35 heavy (non-hydrogen) atoms. The fourth-order valence-electron chi connectivity index (χ4n) is 12.3. The molecule has 0 aromatic heterocycles. The van der Waals surface area contributed by atoms with E-state index in [1.165, 1.54) is 63.4 Å². The minimum absolute atomic E-state index is 0.0935. The van der Waals surface area contributed by atoms with Gasteiger partial charge in [-0.1, -0.05) is 67.5 Å². The van der Waals surface area contributed by atoms with Gasteiger partial charge in [0.25, 0.3) is 0 Å². The molecule has 0 amide bonds. The van der Waals surface area contributed by atoms with Crippen molar-refractivity contribution < 1.29 is 5.11 Å². The lowest BCUT2D eigenvalue weighted by Crippen LogP contribution is -2.57. The predicted octanol–water partition coefficient (Wildman–Crippen LogP) is 9.30. The van der Waals surface area contributed by atoms with Crippen LogP contribution in [-0.4, -0.2) is 11.2 Å². The van der Waals surface area contributed by atoms with Gasteiger partial charge in [0.15, 0.2) is 0 Å². The Morgan fingerprint density at radius 2 is 1.46 bits per heavy atom. The van der Waals surface area contributed by atoms with E-state index in [0.29, 0.717) is 27.6 Å². The molecular formula is C34H58O. The lowest BCUT2D eigenvalue weighted by Gasteiger charge is -2.63. The van der Waals surface area contributed by atoms with Crippen LogP contribution in [0.3, 0.4) is 0 Å². The summed E-state index contributed by atoms with van der Waals surface area (Å²) in [6, 6.07) is 0. The fourth-order valence-corrected chi connectivity index (χ4v) is 12.3. The third kappa shape index (κ3) is 3.27. The van der Waals surface area contributed by atoms with Gasteiger partial charge in [0, 0.05) is 0 Å². The van der Waals surface area contributed by atoms with Gasteiger partial charge < -0.3 is 5.11 Å². The predicted molar refractivity (Wildman–Crippen MR) is 149 cm³/mol. The van der Waals surface area contributed by atoms with Gasteiger partial charge in [-0.2, -0.15) is 0 Å². The van der Waals surface area contributed by atoms with E-state index in [0.717, 1.165) is 41.9 Å². The first kappa shape index (κ1) is 26.3. The Kier molecular flexibility index (Phi) is 6.09. The van der Waals surface area contributed by atoms with Crippen molar-refractivity contribution in [3.63, 3.8) is 0 Å². The summed E-state index contributed by atoms with van der Waals surface area (Å²) in [5, 5.41) is 10.9. The maximum atomic E-state index is 10.9. The quantitative estimate of drug-likeness (QED) is 0.374. The van der Waals surface area contributed by atoms with Gasteiger partial charge in [-0.15, -0.1) is 0 Å². The molecule has 5 rings (SSSR count). The highest BCUT2D eigenvalue weighted by molar-refractivity contribution is 5.30. The second-order valence-electron chi connectivity index (χ2n) is 16.3. The Hall–Kier alpha value is -0.300. The van der Waals surface area contributed by atoms with Gasteiger partial charge in [-0.05, 0) is 140 Å². The number of fused-ring (bicyclic) bond motifs is 2. The van der Waals surface area contributed by atoms with Crippen molar-refractivity contribution in [2.24, 2.45) is 68.5 Å². The van der Waals surface area contributed by atoms with E-state index in [-0.39, 0.29) is 11.5 Å². The largest absolute Gasteiger partial charge is 0.393 e. The smallest absolute Gasteiger partial charge is 0.0594 e. The number of allylic oxidation sites excluding steroid dienone is 1. The normalized spacial score (nSPS) is 50.4. The minimum atomic E-state index is -0.0935. The Morgan fingerprint density at radius 3 is 2.09 bits per heavy atom. The number of hydrogen-bond acceptors (Lipinski definition) is 1. The van der Waals surface area contributed by atoms with Gasteiger partial charge >= 0.3 is 0 Å². The maximum absolute atomic E-state index is 10.9. The SMILES string of the molecule is C=C(C)[C@@H](C)C(C[C@@H](C)[C@H]1CC[C@@]2(C)[C@@H]3CC[C@H]4C(C)(C)[C@@H](O)CC[C@@]45C[C@@]35CC[C@]12C)C(C)C. The van der Waals surface area contributed by atoms with Crippen molar-refractivity contribution in [2.45, 2.75) is 133 Å². The molecule has 1 N–H and O–H groups in total. The zero-order valence-corrected chi connectivity index (χ0v) is 24.8. The van der Waals surface area contributed by atoms with E-state index in [2.05, 4.69) is 68.9 Å². The molecule has 0 bridgehead atoms. The van der Waals surface area contributed by atoms with E-state index in [1.54, 1.807) is 0 Å². The van der Waals surface area contributed by atoms with Crippen molar-refractivity contribution in [1.82, 2.24) is 0 Å². The summed E-state index contributed by atoms with van der Waals surface area (Å²) >= 11 is 0. The molecule has 5 saturated carbocycles. The van der Waals surface area contributed by atoms with Crippen LogP contribution in [0.15, 0.2) is 12.2 Å². The van der Waals surface area contributed by atoms with Crippen LogP contribution in [0.4, 0.5) is 0 Å². The van der Waals surface area contributed by atoms with Crippen molar-refractivity contribution >= 4 is 0 Å². The summed E-state index contributed by atoms with van der Waals surface area (Å²) in [5.41, 5.74) is 3.64. The van der Waals surface area contributed by atoms with Gasteiger partial charge in [0.05, 0.1) is 6.10 Å². The van der Waals surface area contributed by atoms with Crippen LogP contribution in [0.2, 0.25) is 0 Å². The van der Waals surface area contributed by atoms with E-state index < -0.39 is 0 Å². The fraction of sp³-hybridized carbons (Fsp3) is 0.941. The summed E-state index contributed by atoms with van der Waals surface area (Å²) in [5.74, 6) is 5.45. The molecule has 0 aliphatic heterocycles. The molecule has 1 nitrogen and oxygen atoms in total. The third-order valence-electron chi connectivity index (χ3n) is 14.8. The van der Waals surface area contributed by atoms with E-state index in [1.807, 2.05) is 0 Å². The first-order chi connectivity index (χ1) is 16.2. The molecule has 200 valence electrons. The molecular weight excluding hydrogens is 424 g/mol. The van der Waals surface area contributed by atoms with E-state index >= 15 is 0 Å². The van der Waals surface area contributed by atoms with Crippen LogP contribution >= 0.6 is 0 Å². The van der Waals surface area contributed by atoms with Crippen molar-refractivity contribution in [1.29, 1.82) is 0 Å². The topological polar surface area (TPSA) is 20.2 Å². The van der Waals surface area contributed by atoms with E-state index in [9.17, 15) is 5.11 Å². The van der Waals surface area contributed by atoms with Crippen molar-refractivity contribution in [3.8, 4) is 0 Å². The Balaban J connectivity index is 1.40. The van der Waals surface area contributed by atoms with Crippen LogP contribution in [0.5, 0.6) is 0 Å². The molecule has 0 aromatic carbocycles. The van der Waals surface area contributed by atoms with Crippen LogP contribution in [0.1, 0.15) is 127 Å². The third-order valence-corrected chi connectivity index (χ3v) is 14.8. The average molecular weight is 483 g/mol. The molecule has 1 unspecified atom stereocenters.